The van der Waals surface area contributed by atoms with E-state index < -0.39 is 5.97 Å². The Balaban J connectivity index is 2.38. The summed E-state index contributed by atoms with van der Waals surface area (Å²) in [5.74, 6) is 0.402. The third-order valence-electron chi connectivity index (χ3n) is 3.20. The van der Waals surface area contributed by atoms with Gasteiger partial charge in [0.15, 0.2) is 5.69 Å². The minimum Gasteiger partial charge on any atom is -0.493 e. The molecule has 0 saturated carbocycles. The van der Waals surface area contributed by atoms with E-state index in [1.807, 2.05) is 26.0 Å². The number of carbonyl (C=O) groups is 1. The van der Waals surface area contributed by atoms with Gasteiger partial charge in [0.05, 0.1) is 13.2 Å². The van der Waals surface area contributed by atoms with Gasteiger partial charge in [-0.25, -0.2) is 4.79 Å². The van der Waals surface area contributed by atoms with Crippen LogP contribution in [0.2, 0.25) is 0 Å². The largest absolute Gasteiger partial charge is 0.493 e. The summed E-state index contributed by atoms with van der Waals surface area (Å²) in [6.45, 7) is 8.76. The van der Waals surface area contributed by atoms with Crippen molar-refractivity contribution < 1.29 is 14.3 Å². The predicted octanol–water partition coefficient (Wildman–Crippen LogP) is 3.05. The number of esters is 1. The predicted molar refractivity (Wildman–Crippen MR) is 83.0 cm³/mol. The van der Waals surface area contributed by atoms with E-state index >= 15 is 0 Å². The number of rotatable bonds is 6. The van der Waals surface area contributed by atoms with Crippen LogP contribution in [0.4, 0.5) is 0 Å². The third kappa shape index (κ3) is 3.27. The van der Waals surface area contributed by atoms with E-state index in [2.05, 4.69) is 22.3 Å². The molecule has 0 aliphatic carbocycles. The maximum atomic E-state index is 11.9. The van der Waals surface area contributed by atoms with Gasteiger partial charge < -0.3 is 9.47 Å². The molecule has 1 N–H and O–H groups in total. The lowest BCUT2D eigenvalue weighted by Crippen LogP contribution is -2.07. The molecule has 0 radical (unpaired) electrons. The summed E-state index contributed by atoms with van der Waals surface area (Å²) < 4.78 is 10.8. The fourth-order valence-corrected chi connectivity index (χ4v) is 2.29. The fourth-order valence-electron chi connectivity index (χ4n) is 2.29. The first-order valence-electron chi connectivity index (χ1n) is 7.40. The quantitative estimate of drug-likeness (QED) is 0.830. The summed E-state index contributed by atoms with van der Waals surface area (Å²) in [6.07, 6.45) is 0.955. The minimum atomic E-state index is -0.479. The topological polar surface area (TPSA) is 77.1 Å². The molecule has 0 atom stereocenters. The second-order valence-corrected chi connectivity index (χ2v) is 5.03. The first kappa shape index (κ1) is 16.0. The third-order valence-corrected chi connectivity index (χ3v) is 3.20. The van der Waals surface area contributed by atoms with E-state index in [9.17, 15) is 4.79 Å². The molecule has 118 valence electrons. The number of ether oxygens (including phenoxy) is 2. The molecule has 1 aromatic heterocycles. The van der Waals surface area contributed by atoms with Crippen molar-refractivity contribution >= 4 is 5.97 Å². The van der Waals surface area contributed by atoms with Crippen molar-refractivity contribution in [3.63, 3.8) is 0 Å². The molecule has 1 aromatic carbocycles. The summed E-state index contributed by atoms with van der Waals surface area (Å²) in [7, 11) is 0. The Bertz CT molecular complexity index is 641. The second kappa shape index (κ2) is 7.06. The Morgan fingerprint density at radius 1 is 1.18 bits per heavy atom. The highest BCUT2D eigenvalue weighted by atomic mass is 16.5. The van der Waals surface area contributed by atoms with Crippen molar-refractivity contribution in [1.29, 1.82) is 0 Å². The van der Waals surface area contributed by atoms with Gasteiger partial charge in [0, 0.05) is 5.56 Å². The highest BCUT2D eigenvalue weighted by Gasteiger charge is 2.20. The van der Waals surface area contributed by atoms with Crippen molar-refractivity contribution in [1.82, 2.24) is 15.4 Å². The van der Waals surface area contributed by atoms with Crippen LogP contribution < -0.4 is 4.74 Å². The minimum absolute atomic E-state index is 0.197. The molecular formula is C16H21N3O3. The standard InChI is InChI=1S/C16H21N3O3/c1-5-7-22-15-10(3)8-12(9-11(15)4)13-14(18-19-17-13)16(20)21-6-2/h8-9H,5-7H2,1-4H3,(H,17,18,19). The number of carbonyl (C=O) groups excluding carboxylic acids is 1. The molecule has 0 aliphatic heterocycles. The highest BCUT2D eigenvalue weighted by Crippen LogP contribution is 2.30. The van der Waals surface area contributed by atoms with Gasteiger partial charge in [0.1, 0.15) is 11.4 Å². The monoisotopic (exact) mass is 303 g/mol. The van der Waals surface area contributed by atoms with Crippen LogP contribution in [0.15, 0.2) is 12.1 Å². The summed E-state index contributed by atoms with van der Waals surface area (Å²) in [6, 6.07) is 3.89. The molecule has 6 nitrogen and oxygen atoms in total. The molecule has 0 fully saturated rings. The number of aromatic nitrogens is 3. The van der Waals surface area contributed by atoms with Crippen LogP contribution >= 0.6 is 0 Å². The van der Waals surface area contributed by atoms with Gasteiger partial charge in [-0.1, -0.05) is 6.92 Å². The van der Waals surface area contributed by atoms with Gasteiger partial charge in [-0.05, 0) is 50.5 Å². The summed E-state index contributed by atoms with van der Waals surface area (Å²) in [5, 5.41) is 10.5. The van der Waals surface area contributed by atoms with E-state index in [1.165, 1.54) is 0 Å². The lowest BCUT2D eigenvalue weighted by Gasteiger charge is -2.13. The summed E-state index contributed by atoms with van der Waals surface area (Å²) in [5.41, 5.74) is 3.51. The molecule has 1 heterocycles. The normalized spacial score (nSPS) is 10.5. The van der Waals surface area contributed by atoms with Crippen molar-refractivity contribution in [2.45, 2.75) is 34.1 Å². The SMILES string of the molecule is CCCOc1c(C)cc(-c2n[nH]nc2C(=O)OCC)cc1C. The van der Waals surface area contributed by atoms with E-state index in [0.717, 1.165) is 28.9 Å². The van der Waals surface area contributed by atoms with Crippen LogP contribution in [-0.4, -0.2) is 34.6 Å². The molecule has 0 amide bonds. The Morgan fingerprint density at radius 3 is 2.45 bits per heavy atom. The van der Waals surface area contributed by atoms with Crippen LogP contribution in [0.3, 0.4) is 0 Å². The van der Waals surface area contributed by atoms with Gasteiger partial charge in [-0.15, -0.1) is 5.10 Å². The number of nitrogens with one attached hydrogen (secondary N) is 1. The Hall–Kier alpha value is -2.37. The maximum absolute atomic E-state index is 11.9. The van der Waals surface area contributed by atoms with Gasteiger partial charge >= 0.3 is 5.97 Å². The second-order valence-electron chi connectivity index (χ2n) is 5.03. The van der Waals surface area contributed by atoms with Crippen LogP contribution in [0.1, 0.15) is 41.9 Å². The summed E-state index contributed by atoms with van der Waals surface area (Å²) in [4.78, 5) is 11.9. The Labute approximate surface area is 129 Å². The molecule has 0 spiro atoms. The molecule has 0 saturated heterocycles. The zero-order valence-electron chi connectivity index (χ0n) is 13.4. The highest BCUT2D eigenvalue weighted by molar-refractivity contribution is 5.94. The van der Waals surface area contributed by atoms with E-state index in [4.69, 9.17) is 9.47 Å². The number of H-pyrrole nitrogens is 1. The van der Waals surface area contributed by atoms with Crippen LogP contribution in [0.25, 0.3) is 11.3 Å². The lowest BCUT2D eigenvalue weighted by molar-refractivity contribution is 0.0520. The zero-order chi connectivity index (χ0) is 16.1. The summed E-state index contributed by atoms with van der Waals surface area (Å²) >= 11 is 0. The Kier molecular flexibility index (Phi) is 5.14. The van der Waals surface area contributed by atoms with Crippen molar-refractivity contribution in [2.75, 3.05) is 13.2 Å². The zero-order valence-corrected chi connectivity index (χ0v) is 13.4. The van der Waals surface area contributed by atoms with Crippen LogP contribution in [0.5, 0.6) is 5.75 Å². The molecule has 0 bridgehead atoms. The first-order chi connectivity index (χ1) is 10.6. The smallest absolute Gasteiger partial charge is 0.361 e. The number of benzene rings is 1. The number of hydrogen-bond acceptors (Lipinski definition) is 5. The number of aromatic amines is 1. The lowest BCUT2D eigenvalue weighted by atomic mass is 10.0. The van der Waals surface area contributed by atoms with Gasteiger partial charge in [-0.3, -0.25) is 0 Å². The number of hydrogen-bond donors (Lipinski definition) is 1. The molecule has 0 unspecified atom stereocenters. The molecule has 2 aromatic rings. The van der Waals surface area contributed by atoms with E-state index in [0.29, 0.717) is 18.9 Å². The molecule has 2 rings (SSSR count). The average Bonchev–Trinajstić information content (AvgIpc) is 2.96. The van der Waals surface area contributed by atoms with E-state index in [-0.39, 0.29) is 5.69 Å². The van der Waals surface area contributed by atoms with E-state index in [1.54, 1.807) is 6.92 Å². The molecular weight excluding hydrogens is 282 g/mol. The van der Waals surface area contributed by atoms with Gasteiger partial charge in [-0.2, -0.15) is 10.3 Å². The van der Waals surface area contributed by atoms with Gasteiger partial charge in [0.2, 0.25) is 0 Å². The first-order valence-corrected chi connectivity index (χ1v) is 7.40. The molecule has 0 aliphatic rings. The van der Waals surface area contributed by atoms with Crippen LogP contribution in [-0.2, 0) is 4.74 Å². The molecule has 6 heteroatoms. The van der Waals surface area contributed by atoms with Crippen molar-refractivity contribution in [3.05, 3.63) is 29.0 Å². The van der Waals surface area contributed by atoms with Crippen molar-refractivity contribution in [2.24, 2.45) is 0 Å². The Morgan fingerprint density at radius 2 is 1.86 bits per heavy atom. The van der Waals surface area contributed by atoms with Crippen molar-refractivity contribution in [3.8, 4) is 17.0 Å². The van der Waals surface area contributed by atoms with Crippen LogP contribution in [0, 0.1) is 13.8 Å². The molecule has 22 heavy (non-hydrogen) atoms. The number of nitrogens with zero attached hydrogens (tertiary/aromatic N) is 2. The average molecular weight is 303 g/mol. The van der Waals surface area contributed by atoms with Gasteiger partial charge in [0.25, 0.3) is 0 Å². The number of aryl methyl sites for hydroxylation is 2. The fraction of sp³-hybridized carbons (Fsp3) is 0.438. The maximum Gasteiger partial charge on any atom is 0.361 e.